The summed E-state index contributed by atoms with van der Waals surface area (Å²) in [5, 5.41) is 0.132. The quantitative estimate of drug-likeness (QED) is 0.389. The Morgan fingerprint density at radius 2 is 2.16 bits per heavy atom. The van der Waals surface area contributed by atoms with E-state index >= 15 is 0 Å². The van der Waals surface area contributed by atoms with Crippen molar-refractivity contribution in [2.24, 2.45) is 4.99 Å². The standard InChI is InChI=1S/C17H18ClNO4S2/c1-4-6-24-17-19-13(16(21)25-17)8-11-7-12(18)15(23-10(3)20)14(9-11)22-5-2/h7-9H,4-6H2,1-3H3/b13-8+. The van der Waals surface area contributed by atoms with Crippen molar-refractivity contribution >= 4 is 56.7 Å². The van der Waals surface area contributed by atoms with Crippen molar-refractivity contribution in [3.63, 3.8) is 0 Å². The summed E-state index contributed by atoms with van der Waals surface area (Å²) in [6.45, 7) is 5.57. The van der Waals surface area contributed by atoms with Gasteiger partial charge in [0.1, 0.15) is 10.1 Å². The van der Waals surface area contributed by atoms with Gasteiger partial charge in [-0.2, -0.15) is 0 Å². The van der Waals surface area contributed by atoms with E-state index in [9.17, 15) is 9.59 Å². The first-order valence-corrected chi connectivity index (χ1v) is 9.92. The Balaban J connectivity index is 2.34. The molecule has 0 bridgehead atoms. The van der Waals surface area contributed by atoms with Crippen LogP contribution in [0, 0.1) is 0 Å². The van der Waals surface area contributed by atoms with Gasteiger partial charge < -0.3 is 9.47 Å². The average molecular weight is 400 g/mol. The number of carbonyl (C=O) groups is 2. The van der Waals surface area contributed by atoms with E-state index in [1.807, 2.05) is 6.92 Å². The molecule has 8 heteroatoms. The highest BCUT2D eigenvalue weighted by Gasteiger charge is 2.23. The number of carbonyl (C=O) groups excluding carboxylic acids is 2. The van der Waals surface area contributed by atoms with Gasteiger partial charge in [-0.3, -0.25) is 9.59 Å². The number of aliphatic imine (C=N–C) groups is 1. The van der Waals surface area contributed by atoms with Gasteiger partial charge in [0, 0.05) is 6.92 Å². The van der Waals surface area contributed by atoms with E-state index in [1.165, 1.54) is 6.92 Å². The van der Waals surface area contributed by atoms with Gasteiger partial charge in [0.15, 0.2) is 11.5 Å². The second-order valence-electron chi connectivity index (χ2n) is 5.00. The molecule has 0 amide bonds. The molecule has 1 aliphatic heterocycles. The molecule has 25 heavy (non-hydrogen) atoms. The molecule has 0 fully saturated rings. The number of hydrogen-bond donors (Lipinski definition) is 0. The summed E-state index contributed by atoms with van der Waals surface area (Å²) in [6.07, 6.45) is 2.67. The first-order chi connectivity index (χ1) is 11.9. The van der Waals surface area contributed by atoms with Crippen LogP contribution in [0.15, 0.2) is 22.8 Å². The zero-order chi connectivity index (χ0) is 18.4. The average Bonchev–Trinajstić information content (AvgIpc) is 2.88. The second-order valence-corrected chi connectivity index (χ2v) is 7.71. The monoisotopic (exact) mass is 399 g/mol. The Labute approximate surface area is 160 Å². The number of ether oxygens (including phenoxy) is 2. The Hall–Kier alpha value is -1.44. The maximum absolute atomic E-state index is 12.1. The van der Waals surface area contributed by atoms with E-state index < -0.39 is 5.97 Å². The van der Waals surface area contributed by atoms with E-state index in [1.54, 1.807) is 30.0 Å². The number of esters is 1. The van der Waals surface area contributed by atoms with Gasteiger partial charge in [-0.25, -0.2) is 4.99 Å². The van der Waals surface area contributed by atoms with Crippen LogP contribution in [-0.4, -0.2) is 27.8 Å². The second kappa shape index (κ2) is 9.31. The Bertz CT molecular complexity index is 746. The minimum atomic E-state index is -0.487. The molecule has 0 saturated heterocycles. The number of halogens is 1. The van der Waals surface area contributed by atoms with Crippen LogP contribution in [-0.2, 0) is 9.59 Å². The van der Waals surface area contributed by atoms with Gasteiger partial charge in [0.2, 0.25) is 5.12 Å². The number of nitrogens with zero attached hydrogens (tertiary/aromatic N) is 1. The van der Waals surface area contributed by atoms with E-state index in [0.717, 1.165) is 28.3 Å². The highest BCUT2D eigenvalue weighted by atomic mass is 35.5. The highest BCUT2D eigenvalue weighted by molar-refractivity contribution is 8.45. The van der Waals surface area contributed by atoms with E-state index in [0.29, 0.717) is 23.6 Å². The minimum absolute atomic E-state index is 0.100. The predicted molar refractivity (Wildman–Crippen MR) is 105 cm³/mol. The molecule has 134 valence electrons. The molecule has 5 nitrogen and oxygen atoms in total. The summed E-state index contributed by atoms with van der Waals surface area (Å²) in [4.78, 5) is 27.7. The summed E-state index contributed by atoms with van der Waals surface area (Å²) in [5.41, 5.74) is 1.01. The van der Waals surface area contributed by atoms with Gasteiger partial charge >= 0.3 is 5.97 Å². The van der Waals surface area contributed by atoms with Crippen LogP contribution >= 0.6 is 35.1 Å². The van der Waals surface area contributed by atoms with Gasteiger partial charge in [0.05, 0.1) is 11.6 Å². The lowest BCUT2D eigenvalue weighted by atomic mass is 10.1. The summed E-state index contributed by atoms with van der Waals surface area (Å²) in [6, 6.07) is 3.28. The lowest BCUT2D eigenvalue weighted by Crippen LogP contribution is -2.05. The zero-order valence-electron chi connectivity index (χ0n) is 14.1. The van der Waals surface area contributed by atoms with E-state index in [2.05, 4.69) is 11.9 Å². The smallest absolute Gasteiger partial charge is 0.308 e. The Morgan fingerprint density at radius 1 is 1.40 bits per heavy atom. The van der Waals surface area contributed by atoms with Crippen LogP contribution < -0.4 is 9.47 Å². The molecule has 0 radical (unpaired) electrons. The van der Waals surface area contributed by atoms with Crippen LogP contribution in [0.4, 0.5) is 0 Å². The van der Waals surface area contributed by atoms with Crippen LogP contribution in [0.5, 0.6) is 11.5 Å². The molecular formula is C17H18ClNO4S2. The molecule has 0 saturated carbocycles. The molecular weight excluding hydrogens is 382 g/mol. The normalized spacial score (nSPS) is 15.4. The maximum Gasteiger partial charge on any atom is 0.308 e. The summed E-state index contributed by atoms with van der Waals surface area (Å²) >= 11 is 8.92. The number of benzene rings is 1. The van der Waals surface area contributed by atoms with Crippen LogP contribution in [0.25, 0.3) is 6.08 Å². The lowest BCUT2D eigenvalue weighted by Gasteiger charge is -2.12. The third kappa shape index (κ3) is 5.52. The van der Waals surface area contributed by atoms with Gasteiger partial charge in [-0.1, -0.05) is 30.3 Å². The maximum atomic E-state index is 12.1. The van der Waals surface area contributed by atoms with Crippen molar-refractivity contribution in [2.75, 3.05) is 12.4 Å². The third-order valence-electron chi connectivity index (χ3n) is 2.91. The molecule has 0 unspecified atom stereocenters. The molecule has 0 spiro atoms. The molecule has 2 rings (SSSR count). The van der Waals surface area contributed by atoms with Crippen molar-refractivity contribution in [3.8, 4) is 11.5 Å². The van der Waals surface area contributed by atoms with Gasteiger partial charge in [-0.15, -0.1) is 0 Å². The SMILES string of the molecule is CCCSC1=N/C(=C/c2cc(Cl)c(OC(C)=O)c(OCC)c2)C(=O)S1. The molecule has 0 aromatic heterocycles. The Morgan fingerprint density at radius 3 is 2.80 bits per heavy atom. The number of thioether (sulfide) groups is 2. The summed E-state index contributed by atoms with van der Waals surface area (Å²) in [7, 11) is 0. The van der Waals surface area contributed by atoms with Crippen LogP contribution in [0.1, 0.15) is 32.8 Å². The molecule has 0 atom stereocenters. The fourth-order valence-electron chi connectivity index (χ4n) is 1.98. The molecule has 1 aliphatic rings. The summed E-state index contributed by atoms with van der Waals surface area (Å²) < 4.78 is 11.4. The Kier molecular flexibility index (Phi) is 7.40. The van der Waals surface area contributed by atoms with Crippen molar-refractivity contribution in [1.82, 2.24) is 0 Å². The number of hydrogen-bond acceptors (Lipinski definition) is 7. The highest BCUT2D eigenvalue weighted by Crippen LogP contribution is 2.38. The zero-order valence-corrected chi connectivity index (χ0v) is 16.5. The largest absolute Gasteiger partial charge is 0.490 e. The van der Waals surface area contributed by atoms with Crippen molar-refractivity contribution in [1.29, 1.82) is 0 Å². The van der Waals surface area contributed by atoms with Gasteiger partial charge in [-0.05, 0) is 54.6 Å². The predicted octanol–water partition coefficient (Wildman–Crippen LogP) is 4.78. The fourth-order valence-corrected chi connectivity index (χ4v) is 4.00. The molecule has 1 heterocycles. The minimum Gasteiger partial charge on any atom is -0.490 e. The van der Waals surface area contributed by atoms with Crippen LogP contribution in [0.3, 0.4) is 0 Å². The topological polar surface area (TPSA) is 65.0 Å². The molecule has 1 aromatic carbocycles. The number of rotatable bonds is 6. The van der Waals surface area contributed by atoms with Crippen molar-refractivity contribution in [3.05, 3.63) is 28.4 Å². The molecule has 0 N–H and O–H groups in total. The first kappa shape index (κ1) is 19.9. The molecule has 1 aromatic rings. The lowest BCUT2D eigenvalue weighted by molar-refractivity contribution is -0.132. The summed E-state index contributed by atoms with van der Waals surface area (Å²) in [5.74, 6) is 0.954. The van der Waals surface area contributed by atoms with E-state index in [-0.39, 0.29) is 15.9 Å². The van der Waals surface area contributed by atoms with Crippen molar-refractivity contribution < 1.29 is 19.1 Å². The first-order valence-electron chi connectivity index (χ1n) is 7.74. The third-order valence-corrected chi connectivity index (χ3v) is 5.41. The van der Waals surface area contributed by atoms with Crippen molar-refractivity contribution in [2.45, 2.75) is 27.2 Å². The van der Waals surface area contributed by atoms with Crippen LogP contribution in [0.2, 0.25) is 5.02 Å². The van der Waals surface area contributed by atoms with E-state index in [4.69, 9.17) is 21.1 Å². The van der Waals surface area contributed by atoms with Gasteiger partial charge in [0.25, 0.3) is 0 Å². The fraction of sp³-hybridized carbons (Fsp3) is 0.353. The molecule has 0 aliphatic carbocycles.